The van der Waals surface area contributed by atoms with Crippen LogP contribution in [0.4, 0.5) is 8.78 Å². The number of hydrogen-bond donors (Lipinski definition) is 2. The van der Waals surface area contributed by atoms with Gasteiger partial charge in [-0.15, -0.1) is 0 Å². The smallest absolute Gasteiger partial charge is 0.246 e. The molecule has 1 aliphatic heterocycles. The minimum atomic E-state index is -1.10. The van der Waals surface area contributed by atoms with Crippen LogP contribution in [0.15, 0.2) is 18.2 Å². The van der Waals surface area contributed by atoms with Crippen molar-refractivity contribution >= 4 is 11.8 Å². The van der Waals surface area contributed by atoms with Gasteiger partial charge in [-0.1, -0.05) is 6.07 Å². The number of carbonyl (C=O) groups is 2. The molecule has 2 N–H and O–H groups in total. The average Bonchev–Trinajstić information content (AvgIpc) is 2.66. The summed E-state index contributed by atoms with van der Waals surface area (Å²) in [6.45, 7) is -0.0391. The van der Waals surface area contributed by atoms with Crippen LogP contribution in [0.2, 0.25) is 0 Å². The molecule has 0 aromatic heterocycles. The van der Waals surface area contributed by atoms with E-state index in [1.54, 1.807) is 0 Å². The molecule has 1 aromatic rings. The van der Waals surface area contributed by atoms with Crippen molar-refractivity contribution in [2.24, 2.45) is 0 Å². The number of hydrogen-bond acceptors (Lipinski definition) is 4. The Kier molecular flexibility index (Phi) is 4.10. The van der Waals surface area contributed by atoms with E-state index >= 15 is 0 Å². The van der Waals surface area contributed by atoms with E-state index in [1.165, 1.54) is 13.1 Å². The predicted octanol–water partition coefficient (Wildman–Crippen LogP) is 0.345. The van der Waals surface area contributed by atoms with Gasteiger partial charge < -0.3 is 10.4 Å². The molecule has 0 aliphatic carbocycles. The van der Waals surface area contributed by atoms with E-state index in [4.69, 9.17) is 0 Å². The fourth-order valence-corrected chi connectivity index (χ4v) is 2.01. The van der Waals surface area contributed by atoms with Crippen LogP contribution in [-0.2, 0) is 9.59 Å². The Morgan fingerprint density at radius 3 is 2.65 bits per heavy atom. The number of likely N-dealkylation sites (tertiary alicyclic amines) is 1. The van der Waals surface area contributed by atoms with Crippen LogP contribution >= 0.6 is 0 Å². The first-order valence-corrected chi connectivity index (χ1v) is 6.07. The summed E-state index contributed by atoms with van der Waals surface area (Å²) in [7, 11) is 1.39. The lowest BCUT2D eigenvalue weighted by Crippen LogP contribution is -2.39. The van der Waals surface area contributed by atoms with Gasteiger partial charge in [0, 0.05) is 13.6 Å². The summed E-state index contributed by atoms with van der Waals surface area (Å²) in [5.74, 6) is -2.71. The Morgan fingerprint density at radius 2 is 2.10 bits per heavy atom. The number of nitrogens with one attached hydrogen (secondary N) is 1. The largest absolute Gasteiger partial charge is 0.387 e. The maximum Gasteiger partial charge on any atom is 0.246 e. The van der Waals surface area contributed by atoms with Gasteiger partial charge in [-0.3, -0.25) is 14.5 Å². The first-order chi connectivity index (χ1) is 9.40. The molecule has 2 amide bonds. The number of aliphatic hydroxyl groups is 1. The third kappa shape index (κ3) is 2.83. The molecule has 1 saturated heterocycles. The maximum absolute atomic E-state index is 13.0. The lowest BCUT2D eigenvalue weighted by molar-refractivity contribution is -0.137. The summed E-state index contributed by atoms with van der Waals surface area (Å²) >= 11 is 0. The van der Waals surface area contributed by atoms with E-state index in [0.717, 1.165) is 17.0 Å². The number of benzene rings is 1. The minimum Gasteiger partial charge on any atom is -0.387 e. The van der Waals surface area contributed by atoms with Crippen molar-refractivity contribution in [2.75, 3.05) is 13.6 Å². The highest BCUT2D eigenvalue weighted by Gasteiger charge is 2.35. The van der Waals surface area contributed by atoms with Crippen LogP contribution in [0.3, 0.4) is 0 Å². The Labute approximate surface area is 114 Å². The molecule has 1 heterocycles. The molecular formula is C13H14F2N2O3. The molecule has 0 saturated carbocycles. The highest BCUT2D eigenvalue weighted by Crippen LogP contribution is 2.17. The summed E-state index contributed by atoms with van der Waals surface area (Å²) in [5.41, 5.74) is 0.196. The van der Waals surface area contributed by atoms with Gasteiger partial charge in [-0.2, -0.15) is 0 Å². The lowest BCUT2D eigenvalue weighted by atomic mass is 10.1. The molecule has 5 nitrogen and oxygen atoms in total. The van der Waals surface area contributed by atoms with E-state index in [-0.39, 0.29) is 30.3 Å². The number of imide groups is 1. The second-order valence-electron chi connectivity index (χ2n) is 4.65. The Balaban J connectivity index is 1.95. The molecule has 2 rings (SSSR count). The fraction of sp³-hybridized carbons (Fsp3) is 0.385. The summed E-state index contributed by atoms with van der Waals surface area (Å²) in [6.07, 6.45) is -1.07. The van der Waals surface area contributed by atoms with Gasteiger partial charge in [0.1, 0.15) is 0 Å². The van der Waals surface area contributed by atoms with Crippen molar-refractivity contribution in [2.45, 2.75) is 18.6 Å². The highest BCUT2D eigenvalue weighted by atomic mass is 19.2. The van der Waals surface area contributed by atoms with Crippen LogP contribution in [0.25, 0.3) is 0 Å². The van der Waals surface area contributed by atoms with Crippen LogP contribution in [-0.4, -0.2) is 41.5 Å². The van der Waals surface area contributed by atoms with E-state index in [1.807, 2.05) is 0 Å². The van der Waals surface area contributed by atoms with E-state index < -0.39 is 23.8 Å². The Bertz CT molecular complexity index is 550. The van der Waals surface area contributed by atoms with Gasteiger partial charge in [-0.05, 0) is 17.7 Å². The van der Waals surface area contributed by atoms with Gasteiger partial charge in [0.2, 0.25) is 11.8 Å². The number of carbonyl (C=O) groups excluding carboxylic acids is 2. The Hall–Kier alpha value is -1.86. The quantitative estimate of drug-likeness (QED) is 0.783. The van der Waals surface area contributed by atoms with Crippen LogP contribution in [0.1, 0.15) is 18.1 Å². The summed E-state index contributed by atoms with van der Waals surface area (Å²) in [4.78, 5) is 23.9. The topological polar surface area (TPSA) is 69.6 Å². The molecule has 2 atom stereocenters. The van der Waals surface area contributed by atoms with Crippen LogP contribution in [0.5, 0.6) is 0 Å². The van der Waals surface area contributed by atoms with E-state index in [9.17, 15) is 23.5 Å². The van der Waals surface area contributed by atoms with Gasteiger partial charge in [0.15, 0.2) is 11.6 Å². The number of nitrogens with zero attached hydrogens (tertiary/aromatic N) is 1. The molecule has 2 unspecified atom stereocenters. The Morgan fingerprint density at radius 1 is 1.40 bits per heavy atom. The summed E-state index contributed by atoms with van der Waals surface area (Å²) in [5, 5.41) is 12.6. The first kappa shape index (κ1) is 14.5. The number of amides is 2. The third-order valence-electron chi connectivity index (χ3n) is 3.27. The molecule has 0 radical (unpaired) electrons. The number of halogens is 2. The van der Waals surface area contributed by atoms with Crippen molar-refractivity contribution < 1.29 is 23.5 Å². The van der Waals surface area contributed by atoms with Crippen molar-refractivity contribution in [3.8, 4) is 0 Å². The van der Waals surface area contributed by atoms with Gasteiger partial charge in [0.25, 0.3) is 0 Å². The monoisotopic (exact) mass is 284 g/mol. The van der Waals surface area contributed by atoms with Gasteiger partial charge in [0.05, 0.1) is 18.6 Å². The molecule has 0 spiro atoms. The molecule has 20 heavy (non-hydrogen) atoms. The SMILES string of the molecule is CN1C(=O)CC(NCC(O)c2ccc(F)c(F)c2)C1=O. The zero-order valence-electron chi connectivity index (χ0n) is 10.8. The van der Waals surface area contributed by atoms with Crippen LogP contribution < -0.4 is 5.32 Å². The highest BCUT2D eigenvalue weighted by molar-refractivity contribution is 6.05. The second kappa shape index (κ2) is 5.64. The molecule has 1 aromatic carbocycles. The van der Waals surface area contributed by atoms with E-state index in [0.29, 0.717) is 0 Å². The zero-order valence-corrected chi connectivity index (χ0v) is 10.8. The number of likely N-dealkylation sites (N-methyl/N-ethyl adjacent to an activating group) is 1. The number of rotatable bonds is 4. The molecule has 108 valence electrons. The maximum atomic E-state index is 13.0. The molecule has 1 aliphatic rings. The normalized spacial score (nSPS) is 20.6. The van der Waals surface area contributed by atoms with Gasteiger partial charge in [-0.25, -0.2) is 8.78 Å². The average molecular weight is 284 g/mol. The first-order valence-electron chi connectivity index (χ1n) is 6.07. The van der Waals surface area contributed by atoms with Crippen molar-refractivity contribution in [1.82, 2.24) is 10.2 Å². The minimum absolute atomic E-state index is 0.0276. The molecule has 7 heteroatoms. The van der Waals surface area contributed by atoms with Gasteiger partial charge >= 0.3 is 0 Å². The number of aliphatic hydroxyl groups excluding tert-OH is 1. The van der Waals surface area contributed by atoms with Crippen molar-refractivity contribution in [3.63, 3.8) is 0 Å². The fourth-order valence-electron chi connectivity index (χ4n) is 2.01. The zero-order chi connectivity index (χ0) is 14.9. The lowest BCUT2D eigenvalue weighted by Gasteiger charge is -2.15. The van der Waals surface area contributed by atoms with Crippen molar-refractivity contribution in [3.05, 3.63) is 35.4 Å². The van der Waals surface area contributed by atoms with Crippen LogP contribution in [0, 0.1) is 11.6 Å². The molecule has 0 bridgehead atoms. The summed E-state index contributed by atoms with van der Waals surface area (Å²) in [6, 6.07) is 2.40. The molecular weight excluding hydrogens is 270 g/mol. The summed E-state index contributed by atoms with van der Waals surface area (Å²) < 4.78 is 25.8. The van der Waals surface area contributed by atoms with Crippen molar-refractivity contribution in [1.29, 1.82) is 0 Å². The van der Waals surface area contributed by atoms with E-state index in [2.05, 4.69) is 5.32 Å². The predicted molar refractivity (Wildman–Crippen MR) is 65.5 cm³/mol. The standard InChI is InChI=1S/C13H14F2N2O3/c1-17-12(19)5-10(13(17)20)16-6-11(18)7-2-3-8(14)9(15)4-7/h2-4,10-11,16,18H,5-6H2,1H3. The molecule has 1 fully saturated rings. The third-order valence-corrected chi connectivity index (χ3v) is 3.27. The second-order valence-corrected chi connectivity index (χ2v) is 4.65.